The number of carbonyl (C=O) groups is 2. The number of nitrogens with one attached hydrogen (secondary N) is 2. The summed E-state index contributed by atoms with van der Waals surface area (Å²) in [6, 6.07) is -0.0156. The number of hydrogen-bond donors (Lipinski definition) is 2. The lowest BCUT2D eigenvalue weighted by molar-refractivity contribution is -0.132. The van der Waals surface area contributed by atoms with E-state index in [1.54, 1.807) is 4.90 Å². The van der Waals surface area contributed by atoms with Crippen molar-refractivity contribution in [3.05, 3.63) is 0 Å². The summed E-state index contributed by atoms with van der Waals surface area (Å²) in [5.74, 6) is 0.202. The van der Waals surface area contributed by atoms with Gasteiger partial charge in [-0.05, 0) is 19.4 Å². The van der Waals surface area contributed by atoms with Crippen molar-refractivity contribution >= 4 is 11.8 Å². The third kappa shape index (κ3) is 2.47. The van der Waals surface area contributed by atoms with Gasteiger partial charge in [0.2, 0.25) is 11.8 Å². The van der Waals surface area contributed by atoms with Crippen LogP contribution in [0.15, 0.2) is 0 Å². The van der Waals surface area contributed by atoms with Crippen LogP contribution in [0.1, 0.15) is 19.3 Å². The molecule has 2 rings (SSSR count). The Kier molecular flexibility index (Phi) is 3.20. The molecule has 5 nitrogen and oxygen atoms in total. The highest BCUT2D eigenvalue weighted by atomic mass is 16.2. The van der Waals surface area contributed by atoms with E-state index in [1.807, 2.05) is 0 Å². The summed E-state index contributed by atoms with van der Waals surface area (Å²) in [7, 11) is 0. The first kappa shape index (κ1) is 10.4. The molecule has 2 aliphatic heterocycles. The zero-order valence-corrected chi connectivity index (χ0v) is 8.79. The fraction of sp³-hybridized carbons (Fsp3) is 0.800. The molecule has 0 aromatic heterocycles. The number of amides is 2. The van der Waals surface area contributed by atoms with Crippen LogP contribution in [0.3, 0.4) is 0 Å². The number of hydrogen-bond acceptors (Lipinski definition) is 3. The number of nitrogens with zero attached hydrogens (tertiary/aromatic N) is 1. The van der Waals surface area contributed by atoms with E-state index in [2.05, 4.69) is 10.6 Å². The first-order valence-electron chi connectivity index (χ1n) is 5.56. The van der Waals surface area contributed by atoms with Crippen molar-refractivity contribution in [1.82, 2.24) is 15.5 Å². The van der Waals surface area contributed by atoms with Crippen molar-refractivity contribution in [3.8, 4) is 0 Å². The second-order valence-corrected chi connectivity index (χ2v) is 4.07. The normalized spacial score (nSPS) is 27.3. The van der Waals surface area contributed by atoms with Crippen molar-refractivity contribution < 1.29 is 9.59 Å². The molecular weight excluding hydrogens is 194 g/mol. The van der Waals surface area contributed by atoms with Gasteiger partial charge in [0.15, 0.2) is 0 Å². The summed E-state index contributed by atoms with van der Waals surface area (Å²) in [5, 5.41) is 5.96. The average Bonchev–Trinajstić information content (AvgIpc) is 2.67. The van der Waals surface area contributed by atoms with Gasteiger partial charge < -0.3 is 15.5 Å². The Morgan fingerprint density at radius 3 is 2.93 bits per heavy atom. The molecule has 0 unspecified atom stereocenters. The highest BCUT2D eigenvalue weighted by Gasteiger charge is 2.27. The van der Waals surface area contributed by atoms with Gasteiger partial charge in [-0.15, -0.1) is 0 Å². The van der Waals surface area contributed by atoms with Crippen LogP contribution in [-0.2, 0) is 9.59 Å². The van der Waals surface area contributed by atoms with Crippen molar-refractivity contribution in [2.75, 3.05) is 26.2 Å². The second-order valence-electron chi connectivity index (χ2n) is 4.07. The van der Waals surface area contributed by atoms with Crippen LogP contribution < -0.4 is 10.6 Å². The zero-order chi connectivity index (χ0) is 10.7. The fourth-order valence-corrected chi connectivity index (χ4v) is 2.10. The molecule has 5 heteroatoms. The van der Waals surface area contributed by atoms with Gasteiger partial charge in [-0.1, -0.05) is 0 Å². The van der Waals surface area contributed by atoms with Gasteiger partial charge in [-0.3, -0.25) is 9.59 Å². The second kappa shape index (κ2) is 4.61. The Hall–Kier alpha value is -1.10. The first-order valence-corrected chi connectivity index (χ1v) is 5.56. The third-order valence-corrected chi connectivity index (χ3v) is 2.98. The Labute approximate surface area is 89.2 Å². The molecule has 2 N–H and O–H groups in total. The van der Waals surface area contributed by atoms with E-state index in [0.29, 0.717) is 26.1 Å². The predicted molar refractivity (Wildman–Crippen MR) is 55.2 cm³/mol. The van der Waals surface area contributed by atoms with Crippen molar-refractivity contribution in [1.29, 1.82) is 0 Å². The molecule has 0 aromatic carbocycles. The van der Waals surface area contributed by atoms with Crippen LogP contribution in [0.5, 0.6) is 0 Å². The van der Waals surface area contributed by atoms with E-state index in [4.69, 9.17) is 0 Å². The lowest BCUT2D eigenvalue weighted by Gasteiger charge is -2.23. The van der Waals surface area contributed by atoms with E-state index in [-0.39, 0.29) is 17.9 Å². The molecule has 2 fully saturated rings. The summed E-state index contributed by atoms with van der Waals surface area (Å²) in [6.07, 6.45) is 2.43. The van der Waals surface area contributed by atoms with E-state index in [0.717, 1.165) is 19.4 Å². The van der Waals surface area contributed by atoms with Crippen LogP contribution in [0.2, 0.25) is 0 Å². The van der Waals surface area contributed by atoms with Crippen molar-refractivity contribution in [2.45, 2.75) is 25.3 Å². The van der Waals surface area contributed by atoms with E-state index in [9.17, 15) is 9.59 Å². The minimum Gasteiger partial charge on any atom is -0.354 e. The molecule has 2 heterocycles. The third-order valence-electron chi connectivity index (χ3n) is 2.98. The molecule has 0 spiro atoms. The molecule has 0 saturated carbocycles. The van der Waals surface area contributed by atoms with E-state index in [1.165, 1.54) is 0 Å². The van der Waals surface area contributed by atoms with E-state index < -0.39 is 0 Å². The summed E-state index contributed by atoms with van der Waals surface area (Å²) in [5.41, 5.74) is 0. The summed E-state index contributed by atoms with van der Waals surface area (Å²) >= 11 is 0. The Morgan fingerprint density at radius 1 is 1.33 bits per heavy atom. The van der Waals surface area contributed by atoms with Crippen LogP contribution in [0.25, 0.3) is 0 Å². The molecule has 0 bridgehead atoms. The van der Waals surface area contributed by atoms with Gasteiger partial charge in [0.25, 0.3) is 0 Å². The van der Waals surface area contributed by atoms with Crippen LogP contribution in [-0.4, -0.2) is 48.9 Å². The molecule has 0 aliphatic carbocycles. The molecule has 2 amide bonds. The topological polar surface area (TPSA) is 61.4 Å². The first-order chi connectivity index (χ1) is 7.27. The molecule has 0 aromatic rings. The Bertz CT molecular complexity index is 261. The Balaban J connectivity index is 1.91. The van der Waals surface area contributed by atoms with Crippen LogP contribution in [0.4, 0.5) is 0 Å². The van der Waals surface area contributed by atoms with Gasteiger partial charge in [0, 0.05) is 26.1 Å². The summed E-state index contributed by atoms with van der Waals surface area (Å²) in [6.45, 7) is 2.71. The maximum absolute atomic E-state index is 12.0. The highest BCUT2D eigenvalue weighted by Crippen LogP contribution is 2.09. The number of rotatable bonds is 1. The predicted octanol–water partition coefficient (Wildman–Crippen LogP) is -0.913. The average molecular weight is 211 g/mol. The van der Waals surface area contributed by atoms with Gasteiger partial charge >= 0.3 is 0 Å². The maximum Gasteiger partial charge on any atom is 0.239 e. The monoisotopic (exact) mass is 211 g/mol. The van der Waals surface area contributed by atoms with Crippen molar-refractivity contribution in [3.63, 3.8) is 0 Å². The largest absolute Gasteiger partial charge is 0.354 e. The van der Waals surface area contributed by atoms with Gasteiger partial charge in [0.05, 0.1) is 6.04 Å². The Morgan fingerprint density at radius 2 is 2.20 bits per heavy atom. The van der Waals surface area contributed by atoms with Gasteiger partial charge in [0.1, 0.15) is 0 Å². The van der Waals surface area contributed by atoms with Crippen LogP contribution in [0, 0.1) is 0 Å². The number of carbonyl (C=O) groups excluding carboxylic acids is 2. The summed E-state index contributed by atoms with van der Waals surface area (Å²) < 4.78 is 0. The van der Waals surface area contributed by atoms with Crippen LogP contribution >= 0.6 is 0 Å². The molecule has 84 valence electrons. The highest BCUT2D eigenvalue weighted by molar-refractivity contribution is 5.83. The molecule has 15 heavy (non-hydrogen) atoms. The lowest BCUT2D eigenvalue weighted by atomic mass is 10.2. The molecule has 2 saturated heterocycles. The maximum atomic E-state index is 12.0. The summed E-state index contributed by atoms with van der Waals surface area (Å²) in [4.78, 5) is 24.9. The molecule has 1 atom stereocenters. The van der Waals surface area contributed by atoms with E-state index >= 15 is 0 Å². The smallest absolute Gasteiger partial charge is 0.239 e. The minimum absolute atomic E-state index is 0.0156. The fourth-order valence-electron chi connectivity index (χ4n) is 2.10. The van der Waals surface area contributed by atoms with Gasteiger partial charge in [-0.25, -0.2) is 0 Å². The molecule has 2 aliphatic rings. The zero-order valence-electron chi connectivity index (χ0n) is 8.79. The quantitative estimate of drug-likeness (QED) is 0.590. The van der Waals surface area contributed by atoms with Gasteiger partial charge in [-0.2, -0.15) is 0 Å². The standard InChI is InChI=1S/C10H17N3O2/c14-9-3-6-13(7-5-12-9)10(15)8-2-1-4-11-8/h8,11H,1-7H2,(H,12,14)/t8-/m1/s1. The molecule has 0 radical (unpaired) electrons. The SMILES string of the molecule is O=C1CCN(C(=O)[C@H]2CCCN2)CCN1. The molecular formula is C10H17N3O2. The lowest BCUT2D eigenvalue weighted by Crippen LogP contribution is -2.44. The van der Waals surface area contributed by atoms with Crippen molar-refractivity contribution in [2.24, 2.45) is 0 Å². The minimum atomic E-state index is -0.0156.